The van der Waals surface area contributed by atoms with Gasteiger partial charge in [-0.05, 0) is 25.1 Å². The minimum absolute atomic E-state index is 0.0158. The number of halogens is 1. The molecule has 0 saturated heterocycles. The zero-order chi connectivity index (χ0) is 21.8. The molecule has 9 nitrogen and oxygen atoms in total. The number of rotatable bonds is 8. The summed E-state index contributed by atoms with van der Waals surface area (Å²) in [5.41, 5.74) is 0.938. The summed E-state index contributed by atoms with van der Waals surface area (Å²) in [6.07, 6.45) is -0.0586. The predicted octanol–water partition coefficient (Wildman–Crippen LogP) is 1.69. The fourth-order valence-electron chi connectivity index (χ4n) is 2.27. The van der Waals surface area contributed by atoms with Crippen molar-refractivity contribution >= 4 is 50.5 Å². The van der Waals surface area contributed by atoms with Crippen molar-refractivity contribution in [3.63, 3.8) is 0 Å². The highest BCUT2D eigenvalue weighted by atomic mass is 35.5. The normalized spacial score (nSPS) is 11.5. The third-order valence-corrected chi connectivity index (χ3v) is 7.03. The van der Waals surface area contributed by atoms with Crippen molar-refractivity contribution in [2.45, 2.75) is 24.8 Å². The predicted molar refractivity (Wildman–Crippen MR) is 110 cm³/mol. The van der Waals surface area contributed by atoms with Gasteiger partial charge in [-0.1, -0.05) is 22.9 Å². The third-order valence-electron chi connectivity index (χ3n) is 3.85. The second kappa shape index (κ2) is 9.53. The first-order valence-corrected chi connectivity index (χ1v) is 11.0. The zero-order valence-corrected chi connectivity index (χ0v) is 18.4. The fourth-order valence-corrected chi connectivity index (χ4v) is 4.42. The van der Waals surface area contributed by atoms with E-state index in [0.29, 0.717) is 0 Å². The number of benzene rings is 1. The number of amides is 1. The molecule has 0 spiro atoms. The Bertz CT molecular complexity index is 1080. The second-order valence-electron chi connectivity index (χ2n) is 6.19. The number of ether oxygens (including phenoxy) is 1. The van der Waals surface area contributed by atoms with E-state index in [1.165, 1.54) is 36.9 Å². The second-order valence-corrected chi connectivity index (χ2v) is 9.53. The van der Waals surface area contributed by atoms with Gasteiger partial charge in [0.1, 0.15) is 4.90 Å². The van der Waals surface area contributed by atoms with Crippen LogP contribution in [0.15, 0.2) is 33.3 Å². The fraction of sp³-hybridized carbons (Fsp3) is 0.353. The van der Waals surface area contributed by atoms with Gasteiger partial charge in [-0.3, -0.25) is 14.4 Å². The summed E-state index contributed by atoms with van der Waals surface area (Å²) < 4.78 is 31.9. The molecule has 0 radical (unpaired) electrons. The van der Waals surface area contributed by atoms with Crippen LogP contribution in [-0.4, -0.2) is 49.9 Å². The summed E-state index contributed by atoms with van der Waals surface area (Å²) in [5, 5.41) is 4.16. The summed E-state index contributed by atoms with van der Waals surface area (Å²) >= 11 is 7.00. The number of esters is 1. The monoisotopic (exact) mass is 461 g/mol. The Balaban J connectivity index is 1.92. The van der Waals surface area contributed by atoms with Gasteiger partial charge in [0.2, 0.25) is 10.0 Å². The molecule has 1 aromatic heterocycles. The van der Waals surface area contributed by atoms with Gasteiger partial charge >= 0.3 is 10.8 Å². The molecule has 0 atom stereocenters. The minimum Gasteiger partial charge on any atom is -0.456 e. The van der Waals surface area contributed by atoms with Gasteiger partial charge in [-0.15, -0.1) is 0 Å². The average molecular weight is 462 g/mol. The zero-order valence-electron chi connectivity index (χ0n) is 16.0. The van der Waals surface area contributed by atoms with Crippen molar-refractivity contribution in [2.24, 2.45) is 0 Å². The topological polar surface area (TPSA) is 115 Å². The largest absolute Gasteiger partial charge is 0.456 e. The maximum Gasteiger partial charge on any atom is 0.308 e. The Kier molecular flexibility index (Phi) is 7.58. The number of anilines is 1. The number of hydrogen-bond donors (Lipinski definition) is 1. The van der Waals surface area contributed by atoms with E-state index in [0.717, 1.165) is 21.3 Å². The highest BCUT2D eigenvalue weighted by Crippen LogP contribution is 2.26. The first-order valence-electron chi connectivity index (χ1n) is 8.35. The molecule has 1 N–H and O–H groups in total. The number of aromatic nitrogens is 1. The molecule has 12 heteroatoms. The lowest BCUT2D eigenvalue weighted by Crippen LogP contribution is -2.24. The van der Waals surface area contributed by atoms with Gasteiger partial charge < -0.3 is 14.6 Å². The van der Waals surface area contributed by atoms with Crippen molar-refractivity contribution in [2.75, 3.05) is 26.0 Å². The first kappa shape index (κ1) is 23.1. The lowest BCUT2D eigenvalue weighted by atomic mass is 10.3. The molecule has 0 saturated carbocycles. The third kappa shape index (κ3) is 5.89. The number of sulfonamides is 1. The highest BCUT2D eigenvalue weighted by molar-refractivity contribution is 7.89. The Hall–Kier alpha value is -2.21. The van der Waals surface area contributed by atoms with Crippen LogP contribution in [0.25, 0.3) is 0 Å². The SMILES string of the molecule is Cc1csc(=O)n1CCC(=O)OCC(=O)Nc1ccc(Cl)c(S(=O)(=O)N(C)C)c1. The van der Waals surface area contributed by atoms with E-state index >= 15 is 0 Å². The molecule has 0 bridgehead atoms. The number of nitrogens with zero attached hydrogens (tertiary/aromatic N) is 2. The van der Waals surface area contributed by atoms with Gasteiger partial charge in [0.15, 0.2) is 6.61 Å². The Morgan fingerprint density at radius 3 is 2.59 bits per heavy atom. The molecule has 0 aliphatic carbocycles. The standard InChI is InChI=1S/C17H20ClN3O6S2/c1-11-10-28-17(24)21(11)7-6-16(23)27-9-15(22)19-12-4-5-13(18)14(8-12)29(25,26)20(2)3/h4-5,8,10H,6-7,9H2,1-3H3,(H,19,22). The summed E-state index contributed by atoms with van der Waals surface area (Å²) in [7, 11) is -1.06. The van der Waals surface area contributed by atoms with Gasteiger partial charge in [-0.25, -0.2) is 12.7 Å². The first-order chi connectivity index (χ1) is 13.5. The summed E-state index contributed by atoms with van der Waals surface area (Å²) in [5.74, 6) is -1.28. The molecule has 1 amide bonds. The van der Waals surface area contributed by atoms with Gasteiger partial charge in [-0.2, -0.15) is 0 Å². The Morgan fingerprint density at radius 2 is 2.00 bits per heavy atom. The van der Waals surface area contributed by atoms with Crippen LogP contribution in [0.3, 0.4) is 0 Å². The lowest BCUT2D eigenvalue weighted by Gasteiger charge is -2.14. The van der Waals surface area contributed by atoms with E-state index in [1.807, 2.05) is 0 Å². The molecule has 0 unspecified atom stereocenters. The van der Waals surface area contributed by atoms with E-state index in [1.54, 1.807) is 12.3 Å². The van der Waals surface area contributed by atoms with Gasteiger partial charge in [0.05, 0.1) is 11.4 Å². The van der Waals surface area contributed by atoms with Crippen LogP contribution in [0.1, 0.15) is 12.1 Å². The van der Waals surface area contributed by atoms with Crippen molar-refractivity contribution in [3.05, 3.63) is 44.0 Å². The molecule has 0 fully saturated rings. The average Bonchev–Trinajstić information content (AvgIpc) is 2.97. The van der Waals surface area contributed by atoms with Crippen LogP contribution < -0.4 is 10.2 Å². The van der Waals surface area contributed by atoms with Crippen molar-refractivity contribution < 1.29 is 22.7 Å². The van der Waals surface area contributed by atoms with Crippen LogP contribution in [0, 0.1) is 6.92 Å². The van der Waals surface area contributed by atoms with Crippen LogP contribution in [0.5, 0.6) is 0 Å². The molecule has 2 aromatic rings. The van der Waals surface area contributed by atoms with E-state index in [2.05, 4.69) is 5.32 Å². The summed E-state index contributed by atoms with van der Waals surface area (Å²) in [4.78, 5) is 35.1. The smallest absolute Gasteiger partial charge is 0.308 e. The Morgan fingerprint density at radius 1 is 1.31 bits per heavy atom. The van der Waals surface area contributed by atoms with Crippen LogP contribution in [0.4, 0.5) is 5.69 Å². The number of aryl methyl sites for hydroxylation is 1. The molecular weight excluding hydrogens is 442 g/mol. The highest BCUT2D eigenvalue weighted by Gasteiger charge is 2.21. The van der Waals surface area contributed by atoms with Crippen molar-refractivity contribution in [3.8, 4) is 0 Å². The molecule has 2 rings (SSSR count). The molecule has 158 valence electrons. The van der Waals surface area contributed by atoms with Crippen LogP contribution in [-0.2, 0) is 30.9 Å². The quantitative estimate of drug-likeness (QED) is 0.598. The minimum atomic E-state index is -3.79. The van der Waals surface area contributed by atoms with Gasteiger partial charge in [0.25, 0.3) is 5.91 Å². The summed E-state index contributed by atoms with van der Waals surface area (Å²) in [6, 6.07) is 4.01. The maximum absolute atomic E-state index is 12.3. The molecular formula is C17H20ClN3O6S2. The Labute approximate surface area is 176 Å². The molecule has 0 aliphatic heterocycles. The number of thiazole rings is 1. The van der Waals surface area contributed by atoms with Gasteiger partial charge in [0, 0.05) is 37.4 Å². The lowest BCUT2D eigenvalue weighted by molar-refractivity contribution is -0.147. The molecule has 29 heavy (non-hydrogen) atoms. The number of hydrogen-bond acceptors (Lipinski definition) is 7. The number of nitrogens with one attached hydrogen (secondary N) is 1. The number of carbonyl (C=O) groups excluding carboxylic acids is 2. The molecule has 1 aromatic carbocycles. The summed E-state index contributed by atoms with van der Waals surface area (Å²) in [6.45, 7) is 1.37. The molecule has 0 aliphatic rings. The van der Waals surface area contributed by atoms with Crippen molar-refractivity contribution in [1.29, 1.82) is 0 Å². The number of carbonyl (C=O) groups is 2. The van der Waals surface area contributed by atoms with Crippen LogP contribution in [0.2, 0.25) is 5.02 Å². The van der Waals surface area contributed by atoms with E-state index in [-0.39, 0.29) is 33.4 Å². The van der Waals surface area contributed by atoms with E-state index in [9.17, 15) is 22.8 Å². The van der Waals surface area contributed by atoms with E-state index in [4.69, 9.17) is 16.3 Å². The molecule has 1 heterocycles. The maximum atomic E-state index is 12.3. The van der Waals surface area contributed by atoms with Crippen LogP contribution >= 0.6 is 22.9 Å². The van der Waals surface area contributed by atoms with E-state index < -0.39 is 28.5 Å². The van der Waals surface area contributed by atoms with Crippen molar-refractivity contribution in [1.82, 2.24) is 8.87 Å².